The summed E-state index contributed by atoms with van der Waals surface area (Å²) in [4.78, 5) is 31.6. The van der Waals surface area contributed by atoms with Crippen LogP contribution in [0.1, 0.15) is 62.0 Å². The molecule has 2 amide bonds. The molecule has 4 rings (SSSR count). The summed E-state index contributed by atoms with van der Waals surface area (Å²) < 4.78 is 38.5. The van der Waals surface area contributed by atoms with E-state index in [1.165, 1.54) is 12.1 Å². The van der Waals surface area contributed by atoms with Gasteiger partial charge in [-0.3, -0.25) is 10.1 Å². The number of carboxylic acid groups (broad SMARTS) is 1. The summed E-state index contributed by atoms with van der Waals surface area (Å²) in [6, 6.07) is 3.64. The van der Waals surface area contributed by atoms with Gasteiger partial charge in [-0.1, -0.05) is 6.07 Å². The number of carbonyl (C=O) groups excluding carboxylic acids is 1. The second-order valence-electron chi connectivity index (χ2n) is 9.30. The molecule has 2 aliphatic rings. The maximum Gasteiger partial charge on any atom is 0.416 e. The lowest BCUT2D eigenvalue weighted by atomic mass is 9.63. The summed E-state index contributed by atoms with van der Waals surface area (Å²) in [5.41, 5.74) is 0.157. The van der Waals surface area contributed by atoms with Crippen molar-refractivity contribution in [2.45, 2.75) is 57.0 Å². The maximum absolute atomic E-state index is 12.8. The number of benzene rings is 1. The number of aliphatic carboxylic acids is 1. The first-order chi connectivity index (χ1) is 16.2. The standard InChI is InChI=1S/C24H27F3N4O3/c25-24(26,27)19-2-1-3-20(11-19)30-23(34)31-22-28-12-18(13-29-22)17-7-6-15-8-14(9-21(32)33)4-5-16(15)10-17/h1-3,11-17H,4-10H2,(H,32,33)(H2,28,29,30,31,34). The summed E-state index contributed by atoms with van der Waals surface area (Å²) in [6.07, 6.45) is 5.22. The number of anilines is 2. The average Bonchev–Trinajstić information content (AvgIpc) is 2.78. The van der Waals surface area contributed by atoms with E-state index in [4.69, 9.17) is 5.11 Å². The van der Waals surface area contributed by atoms with E-state index in [0.717, 1.165) is 56.2 Å². The molecule has 0 saturated heterocycles. The number of carboxylic acids is 1. The van der Waals surface area contributed by atoms with Crippen molar-refractivity contribution in [2.75, 3.05) is 10.6 Å². The zero-order chi connectivity index (χ0) is 24.3. The van der Waals surface area contributed by atoms with Gasteiger partial charge in [0.05, 0.1) is 5.56 Å². The summed E-state index contributed by atoms with van der Waals surface area (Å²) in [7, 11) is 0. The van der Waals surface area contributed by atoms with Crippen molar-refractivity contribution in [3.63, 3.8) is 0 Å². The largest absolute Gasteiger partial charge is 0.481 e. The van der Waals surface area contributed by atoms with Crippen LogP contribution < -0.4 is 10.6 Å². The van der Waals surface area contributed by atoms with Gasteiger partial charge in [-0.05, 0) is 86.0 Å². The molecule has 1 heterocycles. The molecule has 34 heavy (non-hydrogen) atoms. The van der Waals surface area contributed by atoms with Crippen molar-refractivity contribution in [1.82, 2.24) is 9.97 Å². The molecule has 7 nitrogen and oxygen atoms in total. The number of hydrogen-bond donors (Lipinski definition) is 3. The zero-order valence-corrected chi connectivity index (χ0v) is 18.5. The SMILES string of the molecule is O=C(O)CC1CCC2CC(c3cnc(NC(=O)Nc4cccc(C(F)(F)F)c4)nc3)CCC2C1. The van der Waals surface area contributed by atoms with Crippen LogP contribution >= 0.6 is 0 Å². The van der Waals surface area contributed by atoms with Gasteiger partial charge in [-0.25, -0.2) is 14.8 Å². The van der Waals surface area contributed by atoms with Crippen LogP contribution in [0, 0.1) is 17.8 Å². The fourth-order valence-corrected chi connectivity index (χ4v) is 5.37. The topological polar surface area (TPSA) is 104 Å². The van der Waals surface area contributed by atoms with E-state index in [1.54, 1.807) is 12.4 Å². The summed E-state index contributed by atoms with van der Waals surface area (Å²) in [5.74, 6) is 1.12. The third-order valence-corrected chi connectivity index (χ3v) is 7.00. The molecule has 0 bridgehead atoms. The van der Waals surface area contributed by atoms with E-state index in [9.17, 15) is 22.8 Å². The monoisotopic (exact) mass is 476 g/mol. The number of aromatic nitrogens is 2. The average molecular weight is 476 g/mol. The molecule has 0 aliphatic heterocycles. The molecular formula is C24H27F3N4O3. The van der Waals surface area contributed by atoms with Crippen LogP contribution in [-0.4, -0.2) is 27.1 Å². The lowest BCUT2D eigenvalue weighted by molar-refractivity contribution is -0.139. The Morgan fingerprint density at radius 3 is 2.41 bits per heavy atom. The fraction of sp³-hybridized carbons (Fsp3) is 0.500. The molecule has 10 heteroatoms. The Kier molecular flexibility index (Phi) is 7.04. The van der Waals surface area contributed by atoms with Crippen LogP contribution in [0.25, 0.3) is 0 Å². The minimum Gasteiger partial charge on any atom is -0.481 e. The predicted octanol–water partition coefficient (Wildman–Crippen LogP) is 5.91. The Morgan fingerprint density at radius 2 is 1.71 bits per heavy atom. The van der Waals surface area contributed by atoms with Crippen LogP contribution in [0.4, 0.5) is 29.6 Å². The molecule has 2 aliphatic carbocycles. The van der Waals surface area contributed by atoms with Gasteiger partial charge in [-0.2, -0.15) is 13.2 Å². The Labute approximate surface area is 195 Å². The van der Waals surface area contributed by atoms with Gasteiger partial charge < -0.3 is 10.4 Å². The number of rotatable bonds is 5. The third kappa shape index (κ3) is 6.03. The first-order valence-corrected chi connectivity index (χ1v) is 11.5. The number of hydrogen-bond acceptors (Lipinski definition) is 4. The van der Waals surface area contributed by atoms with E-state index in [0.29, 0.717) is 17.8 Å². The van der Waals surface area contributed by atoms with Gasteiger partial charge in [0.1, 0.15) is 0 Å². The normalized spacial score (nSPS) is 24.7. The number of nitrogens with one attached hydrogen (secondary N) is 2. The van der Waals surface area contributed by atoms with Crippen LogP contribution in [-0.2, 0) is 11.0 Å². The first-order valence-electron chi connectivity index (χ1n) is 11.5. The van der Waals surface area contributed by atoms with Crippen molar-refractivity contribution >= 4 is 23.6 Å². The highest BCUT2D eigenvalue weighted by atomic mass is 19.4. The van der Waals surface area contributed by atoms with Gasteiger partial charge in [0.25, 0.3) is 0 Å². The van der Waals surface area contributed by atoms with Gasteiger partial charge in [-0.15, -0.1) is 0 Å². The van der Waals surface area contributed by atoms with Crippen molar-refractivity contribution < 1.29 is 27.9 Å². The van der Waals surface area contributed by atoms with Crippen molar-refractivity contribution in [2.24, 2.45) is 17.8 Å². The van der Waals surface area contributed by atoms with Crippen LogP contribution in [0.3, 0.4) is 0 Å². The molecule has 1 aromatic carbocycles. The van der Waals surface area contributed by atoms with Crippen LogP contribution in [0.5, 0.6) is 0 Å². The smallest absolute Gasteiger partial charge is 0.416 e. The highest BCUT2D eigenvalue weighted by molar-refractivity contribution is 5.98. The molecule has 2 aromatic rings. The number of urea groups is 1. The molecule has 0 spiro atoms. The van der Waals surface area contributed by atoms with Crippen molar-refractivity contribution in [3.05, 3.63) is 47.8 Å². The minimum absolute atomic E-state index is 0.0128. The number of alkyl halides is 3. The predicted molar refractivity (Wildman–Crippen MR) is 119 cm³/mol. The number of amides is 2. The molecule has 4 unspecified atom stereocenters. The Balaban J connectivity index is 1.30. The van der Waals surface area contributed by atoms with Gasteiger partial charge in [0.2, 0.25) is 5.95 Å². The van der Waals surface area contributed by atoms with E-state index < -0.39 is 23.7 Å². The molecule has 2 fully saturated rings. The lowest BCUT2D eigenvalue weighted by Crippen LogP contribution is -2.31. The quantitative estimate of drug-likeness (QED) is 0.497. The van der Waals surface area contributed by atoms with E-state index in [2.05, 4.69) is 20.6 Å². The Hall–Kier alpha value is -3.17. The molecule has 4 atom stereocenters. The van der Waals surface area contributed by atoms with Gasteiger partial charge in [0.15, 0.2) is 0 Å². The maximum atomic E-state index is 12.8. The van der Waals surface area contributed by atoms with Gasteiger partial charge >= 0.3 is 18.2 Å². The van der Waals surface area contributed by atoms with Gasteiger partial charge in [0, 0.05) is 24.5 Å². The fourth-order valence-electron chi connectivity index (χ4n) is 5.37. The lowest BCUT2D eigenvalue weighted by Gasteiger charge is -2.42. The van der Waals surface area contributed by atoms with E-state index in [-0.39, 0.29) is 24.0 Å². The van der Waals surface area contributed by atoms with Crippen LogP contribution in [0.15, 0.2) is 36.7 Å². The Morgan fingerprint density at radius 1 is 1.00 bits per heavy atom. The van der Waals surface area contributed by atoms with Crippen molar-refractivity contribution in [3.8, 4) is 0 Å². The minimum atomic E-state index is -4.50. The number of halogens is 3. The molecule has 0 radical (unpaired) electrons. The summed E-state index contributed by atoms with van der Waals surface area (Å²) >= 11 is 0. The molecule has 2 saturated carbocycles. The zero-order valence-electron chi connectivity index (χ0n) is 18.5. The molecule has 3 N–H and O–H groups in total. The number of carbonyl (C=O) groups is 2. The summed E-state index contributed by atoms with van der Waals surface area (Å²) in [5, 5.41) is 13.9. The highest BCUT2D eigenvalue weighted by Crippen LogP contribution is 2.48. The first kappa shape index (κ1) is 24.0. The number of nitrogens with zero attached hydrogens (tertiary/aromatic N) is 2. The van der Waals surface area contributed by atoms with E-state index in [1.807, 2.05) is 0 Å². The number of fused-ring (bicyclic) bond motifs is 1. The molecule has 1 aromatic heterocycles. The molecular weight excluding hydrogens is 449 g/mol. The Bertz CT molecular complexity index is 1030. The second-order valence-corrected chi connectivity index (χ2v) is 9.30. The van der Waals surface area contributed by atoms with Crippen LogP contribution in [0.2, 0.25) is 0 Å². The van der Waals surface area contributed by atoms with Crippen molar-refractivity contribution in [1.29, 1.82) is 0 Å². The summed E-state index contributed by atoms with van der Waals surface area (Å²) in [6.45, 7) is 0. The third-order valence-electron chi connectivity index (χ3n) is 7.00. The highest BCUT2D eigenvalue weighted by Gasteiger charge is 2.36. The van der Waals surface area contributed by atoms with E-state index >= 15 is 0 Å². The second kappa shape index (κ2) is 9.99. The molecule has 182 valence electrons.